The summed E-state index contributed by atoms with van der Waals surface area (Å²) in [7, 11) is 4.03. The van der Waals surface area contributed by atoms with E-state index in [9.17, 15) is 48.3 Å². The average molecular weight is 1850 g/mol. The zero-order valence-electron chi connectivity index (χ0n) is 75.9. The van der Waals surface area contributed by atoms with Crippen molar-refractivity contribution in [1.29, 1.82) is 0 Å². The van der Waals surface area contributed by atoms with Crippen molar-refractivity contribution in [2.24, 2.45) is 17.4 Å². The van der Waals surface area contributed by atoms with E-state index < -0.39 is 209 Å². The molecule has 2 unspecified atom stereocenters. The quantitative estimate of drug-likeness (QED) is 0.0355. The molecule has 14 atom stereocenters. The number of phenolic OH excluding ortho intramolecular Hbond substituents is 1. The number of thioether (sulfide) groups is 1. The Hall–Kier alpha value is -13.4. The SMILES string of the molecule is C=CC[C@@H]1NC(=O)[C@H](Cc2c[nH]c3ccccc23)NC(=O)C2CCCN2C(=O)[C@H](CC(C)C)NC(=O)[C@H](Cc2cnc[nH]2)NC(=O)C2CCCN2C(=O)[C@H](CC(N)=O)NC(=O)[C@H](C)N(C)C(=O)[C@H](Cc2ccc(O)cc2)NC(=O)CSC[C@@H](C(=O)NCC(N)=O)NC(=O)[C@H](CC=C)NC(=O)[C@H](CCCC)N(C)C(=O)[C@H](CCCC)N(C)C(=O)[C@H](Cc2c[nH]c3ccccc23)NC1=O. The highest BCUT2D eigenvalue weighted by Gasteiger charge is 2.46. The smallest absolute Gasteiger partial charge is 0.246 e. The number of likely N-dealkylation sites (N-methyl/N-ethyl adjacent to an activating group) is 3. The van der Waals surface area contributed by atoms with E-state index in [0.717, 1.165) is 21.6 Å². The molecule has 17 amide bonds. The van der Waals surface area contributed by atoms with Crippen molar-refractivity contribution in [1.82, 2.24) is 97.6 Å². The number of benzene rings is 3. The summed E-state index contributed by atoms with van der Waals surface area (Å²) in [6, 6.07) is -0.169. The molecule has 39 nitrogen and oxygen atoms in total. The first-order chi connectivity index (χ1) is 63.0. The van der Waals surface area contributed by atoms with Gasteiger partial charge in [-0.2, -0.15) is 0 Å². The molecule has 132 heavy (non-hydrogen) atoms. The summed E-state index contributed by atoms with van der Waals surface area (Å²) in [5.74, 6) is -16.0. The number of fused-ring (bicyclic) bond motifs is 4. The van der Waals surface area contributed by atoms with Gasteiger partial charge in [0.25, 0.3) is 0 Å². The molecule has 3 aliphatic rings. The molecule has 6 heterocycles. The Labute approximate surface area is 770 Å². The van der Waals surface area contributed by atoms with Crippen molar-refractivity contribution in [2.75, 3.05) is 52.3 Å². The second kappa shape index (κ2) is 49.0. The second-order valence-electron chi connectivity index (χ2n) is 34.2. The largest absolute Gasteiger partial charge is 0.508 e. The standard InChI is InChI=1S/C92H125N21O18S/c1-11-15-29-72-85(124)102-64(24-14-4)82(121)108-71(80(119)98-48-77(94)116)49-132-50-78(117)100-68(40-54-33-35-58(114)36-34-54)88(127)109(8)53(7)79(118)105-70(44-76(93)115)91(130)113-38-22-32-74(113)87(126)104-66(43-57-47-95-51-99-57)84(123)106-67(39-52(5)6)90(129)112-37-21-31-73(112)86(125)103-65(41-55-45-96-61-27-19-17-25-59(55)61)83(122)101-63(23-13-3)81(120)107-69(42-56-46-97-62-28-20-18-26-60(56)62)89(128)111(10)75(30-16-12-2)92(131)110(72)9/h13-14,17-20,25-28,33-36,45-47,51-53,63-75,96-97,114H,3-4,11-12,15-16,21-24,29-32,37-44,48-50H2,1-2,5-10H3,(H2,93,115)(H2,94,116)(H,95,99)(H,98,119)(H,100,117)(H,101,122)(H,102,124)(H,103,125)(H,104,126)(H,105,118)(H,106,123)(H,107,120)(H,108,121)/t53-,63-,64-,65-,66-,67-,68-,69-,70-,71-,72-,73?,74?,75-/m0/s1. The Morgan fingerprint density at radius 1 is 0.530 bits per heavy atom. The van der Waals surface area contributed by atoms with Crippen molar-refractivity contribution in [3.05, 3.63) is 145 Å². The predicted octanol–water partition coefficient (Wildman–Crippen LogP) is 0.997. The minimum Gasteiger partial charge on any atom is -0.508 e. The lowest BCUT2D eigenvalue weighted by molar-refractivity contribution is -0.149. The molecule has 0 saturated carbocycles. The molecule has 18 N–H and O–H groups in total. The number of nitrogens with two attached hydrogens (primary N) is 2. The Kier molecular flexibility index (Phi) is 38.0. The monoisotopic (exact) mass is 1840 g/mol. The fourth-order valence-electron chi connectivity index (χ4n) is 16.6. The number of hydrogen-bond donors (Lipinski definition) is 16. The number of carbonyl (C=O) groups excluding carboxylic acids is 17. The number of hydrogen-bond acceptors (Lipinski definition) is 20. The maximum Gasteiger partial charge on any atom is 0.246 e. The van der Waals surface area contributed by atoms with Crippen LogP contribution in [0.2, 0.25) is 0 Å². The van der Waals surface area contributed by atoms with Crippen molar-refractivity contribution >= 4 is 134 Å². The molecule has 712 valence electrons. The summed E-state index contributed by atoms with van der Waals surface area (Å²) in [5, 5.41) is 38.8. The summed E-state index contributed by atoms with van der Waals surface area (Å²) in [6.45, 7) is 15.6. The van der Waals surface area contributed by atoms with Crippen LogP contribution in [0.4, 0.5) is 0 Å². The molecule has 3 fully saturated rings. The van der Waals surface area contributed by atoms with Crippen LogP contribution in [0.3, 0.4) is 0 Å². The van der Waals surface area contributed by atoms with Crippen molar-refractivity contribution in [3.63, 3.8) is 0 Å². The number of nitrogens with one attached hydrogen (secondary N) is 13. The van der Waals surface area contributed by atoms with Gasteiger partial charge in [-0.25, -0.2) is 4.98 Å². The normalized spacial score (nSPS) is 24.5. The van der Waals surface area contributed by atoms with E-state index >= 15 is 38.4 Å². The molecule has 3 aliphatic heterocycles. The third-order valence-corrected chi connectivity index (χ3v) is 25.0. The molecule has 0 radical (unpaired) electrons. The van der Waals surface area contributed by atoms with Crippen LogP contribution in [0, 0.1) is 5.92 Å². The predicted molar refractivity (Wildman–Crippen MR) is 492 cm³/mol. The van der Waals surface area contributed by atoms with Crippen LogP contribution >= 0.6 is 11.8 Å². The molecule has 3 aromatic carbocycles. The lowest BCUT2D eigenvalue weighted by Gasteiger charge is -2.36. The number of amides is 17. The zero-order chi connectivity index (χ0) is 96.2. The van der Waals surface area contributed by atoms with Crippen LogP contribution in [0.15, 0.2) is 123 Å². The van der Waals surface area contributed by atoms with Crippen molar-refractivity contribution in [3.8, 4) is 5.75 Å². The number of aromatic nitrogens is 4. The molecular weight excluding hydrogens is 1720 g/mol. The van der Waals surface area contributed by atoms with Gasteiger partial charge in [0, 0.05) is 112 Å². The van der Waals surface area contributed by atoms with E-state index in [1.807, 2.05) is 64.1 Å². The fraction of sp³-hybridized carbons (Fsp3) is 0.500. The first kappa shape index (κ1) is 102. The van der Waals surface area contributed by atoms with E-state index in [1.54, 1.807) is 24.5 Å². The van der Waals surface area contributed by atoms with Gasteiger partial charge in [0.05, 0.1) is 25.0 Å². The Bertz CT molecular complexity index is 5140. The molecule has 3 saturated heterocycles. The number of primary amides is 2. The lowest BCUT2D eigenvalue weighted by Crippen LogP contribution is -2.61. The maximum atomic E-state index is 15.8. The zero-order valence-corrected chi connectivity index (χ0v) is 76.7. The van der Waals surface area contributed by atoms with Gasteiger partial charge in [0.1, 0.15) is 90.3 Å². The van der Waals surface area contributed by atoms with Crippen molar-refractivity contribution < 1.29 is 86.6 Å². The van der Waals surface area contributed by atoms with Gasteiger partial charge in [0.2, 0.25) is 100 Å². The van der Waals surface area contributed by atoms with Gasteiger partial charge in [-0.1, -0.05) is 114 Å². The highest BCUT2D eigenvalue weighted by atomic mass is 32.2. The number of carbonyl (C=O) groups is 17. The Balaban J connectivity index is 1.09. The Morgan fingerprint density at radius 3 is 1.55 bits per heavy atom. The first-order valence-electron chi connectivity index (χ1n) is 44.7. The van der Waals surface area contributed by atoms with Crippen LogP contribution in [-0.4, -0.2) is 287 Å². The number of aromatic amines is 3. The number of imidazole rings is 1. The highest BCUT2D eigenvalue weighted by Crippen LogP contribution is 2.28. The number of para-hydroxylation sites is 2. The third-order valence-electron chi connectivity index (χ3n) is 23.9. The van der Waals surface area contributed by atoms with E-state index in [-0.39, 0.29) is 102 Å². The number of H-pyrrole nitrogens is 3. The summed E-state index contributed by atoms with van der Waals surface area (Å²) >= 11 is 0.790. The molecule has 6 aromatic rings. The molecular formula is C92H125N21O18S. The van der Waals surface area contributed by atoms with Gasteiger partial charge in [-0.15, -0.1) is 24.9 Å². The topological polar surface area (TPSA) is 559 Å². The molecule has 40 heteroatoms. The Morgan fingerprint density at radius 2 is 1.01 bits per heavy atom. The van der Waals surface area contributed by atoms with Gasteiger partial charge >= 0.3 is 0 Å². The summed E-state index contributed by atoms with van der Waals surface area (Å²) in [4.78, 5) is 269. The number of rotatable bonds is 25. The third kappa shape index (κ3) is 27.8. The number of phenols is 1. The molecule has 0 bridgehead atoms. The average Bonchev–Trinajstić information content (AvgIpc) is 1.73. The van der Waals surface area contributed by atoms with Crippen LogP contribution in [0.1, 0.15) is 147 Å². The van der Waals surface area contributed by atoms with Crippen molar-refractivity contribution in [2.45, 2.75) is 235 Å². The van der Waals surface area contributed by atoms with Gasteiger partial charge in [-0.05, 0) is 112 Å². The van der Waals surface area contributed by atoms with Gasteiger partial charge in [0.15, 0.2) is 0 Å². The van der Waals surface area contributed by atoms with E-state index in [2.05, 4.69) is 86.3 Å². The number of aromatic hydroxyl groups is 1. The molecule has 9 rings (SSSR count). The van der Waals surface area contributed by atoms with Gasteiger partial charge in [-0.3, -0.25) is 81.5 Å². The van der Waals surface area contributed by atoms with E-state index in [1.165, 1.54) is 91.7 Å². The number of unbranched alkanes of at least 4 members (excludes halogenated alkanes) is 2. The molecule has 0 aliphatic carbocycles. The van der Waals surface area contributed by atoms with Crippen LogP contribution < -0.4 is 64.6 Å². The van der Waals surface area contributed by atoms with E-state index in [0.29, 0.717) is 76.3 Å². The second-order valence-corrected chi connectivity index (χ2v) is 35.2. The number of nitrogens with zero attached hydrogens (tertiary/aromatic N) is 6. The summed E-state index contributed by atoms with van der Waals surface area (Å²) < 4.78 is 0. The highest BCUT2D eigenvalue weighted by molar-refractivity contribution is 8.00. The molecule has 0 spiro atoms. The van der Waals surface area contributed by atoms with Crippen LogP contribution in [-0.2, 0) is 107 Å². The fourth-order valence-corrected chi connectivity index (χ4v) is 17.4. The minimum atomic E-state index is -1.75. The summed E-state index contributed by atoms with van der Waals surface area (Å²) in [5.41, 5.74) is 14.5. The van der Waals surface area contributed by atoms with E-state index in [4.69, 9.17) is 11.5 Å². The van der Waals surface area contributed by atoms with Gasteiger partial charge < -0.3 is 109 Å². The summed E-state index contributed by atoms with van der Waals surface area (Å²) in [6.07, 6.45) is 9.26. The molecule has 3 aromatic heterocycles. The minimum absolute atomic E-state index is 0.0154. The lowest BCUT2D eigenvalue weighted by atomic mass is 9.99. The van der Waals surface area contributed by atoms with Crippen LogP contribution in [0.25, 0.3) is 21.8 Å². The first-order valence-corrected chi connectivity index (χ1v) is 45.8. The maximum absolute atomic E-state index is 15.8. The van der Waals surface area contributed by atoms with Crippen LogP contribution in [0.5, 0.6) is 5.75 Å².